The summed E-state index contributed by atoms with van der Waals surface area (Å²) in [6.07, 6.45) is 7.19. The summed E-state index contributed by atoms with van der Waals surface area (Å²) in [6.45, 7) is 0.666. The Kier molecular flexibility index (Phi) is 3.88. The molecule has 1 N–H and O–H groups in total. The largest absolute Gasteiger partial charge is 0.372 e. The number of aryl methyl sites for hydroxylation is 1. The Labute approximate surface area is 142 Å². The van der Waals surface area contributed by atoms with Crippen LogP contribution in [-0.2, 0) is 22.0 Å². The van der Waals surface area contributed by atoms with Crippen molar-refractivity contribution in [2.24, 2.45) is 7.05 Å². The van der Waals surface area contributed by atoms with Crippen molar-refractivity contribution in [2.45, 2.75) is 43.2 Å². The van der Waals surface area contributed by atoms with Gasteiger partial charge in [-0.15, -0.1) is 0 Å². The molecule has 2 aliphatic rings. The normalized spacial score (nSPS) is 25.2. The molecule has 1 aromatic heterocycles. The maximum absolute atomic E-state index is 12.9. The zero-order chi connectivity index (χ0) is 16.6. The predicted molar refractivity (Wildman–Crippen MR) is 90.4 cm³/mol. The van der Waals surface area contributed by atoms with Crippen LogP contribution >= 0.6 is 0 Å². The number of rotatable bonds is 4. The lowest BCUT2D eigenvalue weighted by Crippen LogP contribution is -2.44. The fraction of sp³-hybridized carbons (Fsp3) is 0.474. The second-order valence-corrected chi connectivity index (χ2v) is 6.93. The number of carbonyl (C=O) groups is 1. The monoisotopic (exact) mass is 325 g/mol. The minimum atomic E-state index is -0.304. The van der Waals surface area contributed by atoms with Gasteiger partial charge in [0.05, 0.1) is 23.6 Å². The van der Waals surface area contributed by atoms with Crippen molar-refractivity contribution in [2.75, 3.05) is 6.61 Å². The molecule has 0 unspecified atom stereocenters. The van der Waals surface area contributed by atoms with Gasteiger partial charge >= 0.3 is 0 Å². The molecule has 2 heterocycles. The summed E-state index contributed by atoms with van der Waals surface area (Å²) in [5.41, 5.74) is 1.90. The Morgan fingerprint density at radius 1 is 1.33 bits per heavy atom. The van der Waals surface area contributed by atoms with Gasteiger partial charge in [-0.3, -0.25) is 4.79 Å². The number of carbonyl (C=O) groups excluding carboxylic acids is 1. The molecule has 2 aromatic rings. The third-order valence-electron chi connectivity index (χ3n) is 5.31. The number of amides is 1. The van der Waals surface area contributed by atoms with E-state index in [2.05, 4.69) is 22.4 Å². The number of ether oxygens (including phenoxy) is 1. The zero-order valence-corrected chi connectivity index (χ0v) is 13.9. The molecule has 1 amide bonds. The molecule has 24 heavy (non-hydrogen) atoms. The number of imidazole rings is 1. The number of nitrogens with one attached hydrogen (secondary N) is 1. The molecule has 0 spiro atoms. The number of aromatic nitrogens is 2. The second-order valence-electron chi connectivity index (χ2n) is 6.93. The quantitative estimate of drug-likeness (QED) is 0.939. The first kappa shape index (κ1) is 15.4. The Morgan fingerprint density at radius 3 is 2.79 bits per heavy atom. The van der Waals surface area contributed by atoms with Crippen LogP contribution in [0.3, 0.4) is 0 Å². The number of nitrogens with zero attached hydrogens (tertiary/aromatic N) is 2. The highest BCUT2D eigenvalue weighted by atomic mass is 16.5. The van der Waals surface area contributed by atoms with Crippen LogP contribution in [0.25, 0.3) is 0 Å². The highest BCUT2D eigenvalue weighted by Gasteiger charge is 2.51. The van der Waals surface area contributed by atoms with Gasteiger partial charge in [-0.05, 0) is 31.2 Å². The van der Waals surface area contributed by atoms with E-state index in [9.17, 15) is 4.79 Å². The molecule has 1 saturated heterocycles. The van der Waals surface area contributed by atoms with Crippen LogP contribution in [-0.4, -0.2) is 28.1 Å². The minimum Gasteiger partial charge on any atom is -0.372 e. The molecular formula is C19H23N3O2. The molecule has 1 aromatic carbocycles. The number of hydrogen-bond donors (Lipinski definition) is 1. The van der Waals surface area contributed by atoms with E-state index < -0.39 is 0 Å². The van der Waals surface area contributed by atoms with E-state index >= 15 is 0 Å². The molecule has 126 valence electrons. The van der Waals surface area contributed by atoms with Crippen molar-refractivity contribution in [1.82, 2.24) is 14.9 Å². The smallest absolute Gasteiger partial charge is 0.230 e. The number of hydrogen-bond acceptors (Lipinski definition) is 3. The van der Waals surface area contributed by atoms with Crippen LogP contribution in [0, 0.1) is 0 Å². The topological polar surface area (TPSA) is 56.2 Å². The van der Waals surface area contributed by atoms with Crippen LogP contribution in [0.15, 0.2) is 42.9 Å². The van der Waals surface area contributed by atoms with Crippen LogP contribution in [0.1, 0.15) is 43.0 Å². The summed E-state index contributed by atoms with van der Waals surface area (Å²) in [5, 5.41) is 3.28. The average molecular weight is 325 g/mol. The zero-order valence-electron chi connectivity index (χ0n) is 13.9. The van der Waals surface area contributed by atoms with Crippen LogP contribution in [0.4, 0.5) is 0 Å². The van der Waals surface area contributed by atoms with Crippen molar-refractivity contribution in [1.29, 1.82) is 0 Å². The van der Waals surface area contributed by atoms with Gasteiger partial charge in [-0.1, -0.05) is 30.3 Å². The standard InChI is InChI=1S/C19H23N3O2/c1-22-13-20-12-16(22)17-11-15(7-10-24-17)21-18(23)19(8-9-19)14-5-3-2-4-6-14/h2-6,12-13,15,17H,7-11H2,1H3,(H,21,23)/t15-,17+/m1/s1. The molecular weight excluding hydrogens is 302 g/mol. The Hall–Kier alpha value is -2.14. The summed E-state index contributed by atoms with van der Waals surface area (Å²) in [4.78, 5) is 17.1. The molecule has 4 rings (SSSR count). The van der Waals surface area contributed by atoms with E-state index in [0.29, 0.717) is 6.61 Å². The molecule has 0 bridgehead atoms. The molecule has 2 fully saturated rings. The van der Waals surface area contributed by atoms with Crippen molar-refractivity contribution in [3.63, 3.8) is 0 Å². The lowest BCUT2D eigenvalue weighted by molar-refractivity contribution is -0.125. The molecule has 1 saturated carbocycles. The fourth-order valence-electron chi connectivity index (χ4n) is 3.66. The van der Waals surface area contributed by atoms with Crippen LogP contribution in [0.5, 0.6) is 0 Å². The van der Waals surface area contributed by atoms with Gasteiger partial charge in [-0.2, -0.15) is 0 Å². The first-order chi connectivity index (χ1) is 11.7. The van der Waals surface area contributed by atoms with Crippen LogP contribution < -0.4 is 5.32 Å². The van der Waals surface area contributed by atoms with Gasteiger partial charge in [0.25, 0.3) is 0 Å². The van der Waals surface area contributed by atoms with Gasteiger partial charge in [0.2, 0.25) is 5.91 Å². The first-order valence-corrected chi connectivity index (χ1v) is 8.63. The van der Waals surface area contributed by atoms with Gasteiger partial charge in [-0.25, -0.2) is 4.98 Å². The van der Waals surface area contributed by atoms with E-state index in [-0.39, 0.29) is 23.5 Å². The summed E-state index contributed by atoms with van der Waals surface area (Å²) in [5.74, 6) is 0.171. The van der Waals surface area contributed by atoms with Gasteiger partial charge < -0.3 is 14.6 Å². The summed E-state index contributed by atoms with van der Waals surface area (Å²) in [7, 11) is 1.97. The summed E-state index contributed by atoms with van der Waals surface area (Å²) < 4.78 is 7.88. The second kappa shape index (κ2) is 6.06. The highest BCUT2D eigenvalue weighted by molar-refractivity contribution is 5.91. The average Bonchev–Trinajstić information content (AvgIpc) is 3.32. The summed E-state index contributed by atoms with van der Waals surface area (Å²) in [6, 6.07) is 10.3. The summed E-state index contributed by atoms with van der Waals surface area (Å²) >= 11 is 0. The van der Waals surface area contributed by atoms with E-state index in [1.54, 1.807) is 6.33 Å². The van der Waals surface area contributed by atoms with Crippen molar-refractivity contribution < 1.29 is 9.53 Å². The van der Waals surface area contributed by atoms with E-state index in [1.807, 2.05) is 36.0 Å². The molecule has 5 heteroatoms. The third-order valence-corrected chi connectivity index (χ3v) is 5.31. The van der Waals surface area contributed by atoms with E-state index in [4.69, 9.17) is 4.74 Å². The Morgan fingerprint density at radius 2 is 2.12 bits per heavy atom. The molecule has 5 nitrogen and oxygen atoms in total. The third kappa shape index (κ3) is 2.73. The lowest BCUT2D eigenvalue weighted by Gasteiger charge is -2.31. The molecule has 1 aliphatic carbocycles. The predicted octanol–water partition coefficient (Wildman–Crippen LogP) is 2.49. The highest BCUT2D eigenvalue weighted by Crippen LogP contribution is 2.48. The van der Waals surface area contributed by atoms with E-state index in [1.165, 1.54) is 0 Å². The lowest BCUT2D eigenvalue weighted by atomic mass is 9.93. The van der Waals surface area contributed by atoms with Crippen molar-refractivity contribution in [3.05, 3.63) is 54.1 Å². The number of benzene rings is 1. The maximum Gasteiger partial charge on any atom is 0.230 e. The SMILES string of the molecule is Cn1cncc1[C@@H]1C[C@H](NC(=O)C2(c3ccccc3)CC2)CCO1. The van der Waals surface area contributed by atoms with Gasteiger partial charge in [0, 0.05) is 19.7 Å². The van der Waals surface area contributed by atoms with Gasteiger partial charge in [0.15, 0.2) is 0 Å². The van der Waals surface area contributed by atoms with Crippen molar-refractivity contribution in [3.8, 4) is 0 Å². The molecule has 2 atom stereocenters. The van der Waals surface area contributed by atoms with Crippen molar-refractivity contribution >= 4 is 5.91 Å². The Balaban J connectivity index is 1.44. The van der Waals surface area contributed by atoms with Crippen LogP contribution in [0.2, 0.25) is 0 Å². The van der Waals surface area contributed by atoms with E-state index in [0.717, 1.165) is 36.9 Å². The first-order valence-electron chi connectivity index (χ1n) is 8.63. The fourth-order valence-corrected chi connectivity index (χ4v) is 3.66. The molecule has 1 aliphatic heterocycles. The van der Waals surface area contributed by atoms with Gasteiger partial charge in [0.1, 0.15) is 6.10 Å². The Bertz CT molecular complexity index is 721. The minimum absolute atomic E-state index is 0.00317. The molecule has 0 radical (unpaired) electrons. The maximum atomic E-state index is 12.9.